The van der Waals surface area contributed by atoms with E-state index in [1.807, 2.05) is 0 Å². The van der Waals surface area contributed by atoms with Crippen LogP contribution in [-0.4, -0.2) is 28.6 Å². The molecule has 0 spiro atoms. The number of nitrogens with one attached hydrogen (secondary N) is 1. The third kappa shape index (κ3) is 2.35. The average molecular weight is 226 g/mol. The molecule has 0 aromatic rings. The summed E-state index contributed by atoms with van der Waals surface area (Å²) < 4.78 is 0. The molecule has 2 saturated carbocycles. The van der Waals surface area contributed by atoms with E-state index in [1.54, 1.807) is 0 Å². The predicted octanol–water partition coefficient (Wildman–Crippen LogP) is 0.237. The normalized spacial score (nSPS) is 31.8. The highest BCUT2D eigenvalue weighted by Crippen LogP contribution is 2.33. The molecule has 0 bridgehead atoms. The maximum Gasteiger partial charge on any atom is 0.306 e. The maximum absolute atomic E-state index is 11.7. The van der Waals surface area contributed by atoms with Gasteiger partial charge in [-0.1, -0.05) is 6.42 Å². The summed E-state index contributed by atoms with van der Waals surface area (Å²) >= 11 is 0. The van der Waals surface area contributed by atoms with E-state index in [0.717, 1.165) is 32.1 Å². The number of hydrogen-bond acceptors (Lipinski definition) is 3. The molecule has 2 atom stereocenters. The molecule has 0 radical (unpaired) electrons. The Hall–Kier alpha value is -1.10. The summed E-state index contributed by atoms with van der Waals surface area (Å²) in [6, 6.07) is -0.0108. The zero-order valence-electron chi connectivity index (χ0n) is 9.24. The topological polar surface area (TPSA) is 92.4 Å². The fourth-order valence-corrected chi connectivity index (χ4v) is 2.24. The first-order chi connectivity index (χ1) is 7.51. The molecular formula is C11H18N2O3. The van der Waals surface area contributed by atoms with Crippen molar-refractivity contribution in [2.45, 2.75) is 50.1 Å². The molecule has 5 heteroatoms. The quantitative estimate of drug-likeness (QED) is 0.642. The summed E-state index contributed by atoms with van der Waals surface area (Å²) in [6.45, 7) is 0. The summed E-state index contributed by atoms with van der Waals surface area (Å²) in [5.74, 6) is -1.18. The highest BCUT2D eigenvalue weighted by Gasteiger charge is 2.46. The van der Waals surface area contributed by atoms with Gasteiger partial charge in [-0.2, -0.15) is 0 Å². The van der Waals surface area contributed by atoms with Crippen LogP contribution in [0.5, 0.6) is 0 Å². The highest BCUT2D eigenvalue weighted by molar-refractivity contribution is 5.89. The molecule has 5 nitrogen and oxygen atoms in total. The zero-order valence-corrected chi connectivity index (χ0v) is 9.24. The molecule has 1 amide bonds. The lowest BCUT2D eigenvalue weighted by molar-refractivity contribution is -0.143. The number of carboxylic acids is 1. The van der Waals surface area contributed by atoms with Crippen LogP contribution in [0.2, 0.25) is 0 Å². The third-order valence-corrected chi connectivity index (χ3v) is 3.60. The first-order valence-electron chi connectivity index (χ1n) is 5.84. The number of nitrogens with two attached hydrogens (primary N) is 1. The van der Waals surface area contributed by atoms with Crippen LogP contribution >= 0.6 is 0 Å². The van der Waals surface area contributed by atoms with E-state index in [0.29, 0.717) is 6.42 Å². The zero-order chi connectivity index (χ0) is 11.8. The van der Waals surface area contributed by atoms with Crippen molar-refractivity contribution in [2.75, 3.05) is 0 Å². The molecule has 2 unspecified atom stereocenters. The number of rotatable bonds is 3. The van der Waals surface area contributed by atoms with Gasteiger partial charge in [0.05, 0.1) is 11.5 Å². The van der Waals surface area contributed by atoms with Gasteiger partial charge in [-0.05, 0) is 32.1 Å². The van der Waals surface area contributed by atoms with Crippen LogP contribution in [0.1, 0.15) is 38.5 Å². The smallest absolute Gasteiger partial charge is 0.306 e. The Morgan fingerprint density at radius 3 is 2.56 bits per heavy atom. The van der Waals surface area contributed by atoms with Gasteiger partial charge >= 0.3 is 5.97 Å². The van der Waals surface area contributed by atoms with Crippen LogP contribution in [0.15, 0.2) is 0 Å². The van der Waals surface area contributed by atoms with E-state index in [-0.39, 0.29) is 17.9 Å². The molecule has 2 fully saturated rings. The summed E-state index contributed by atoms with van der Waals surface area (Å²) in [4.78, 5) is 22.5. The molecule has 0 heterocycles. The Bertz CT molecular complexity index is 312. The Kier molecular flexibility index (Phi) is 2.88. The molecule has 2 aliphatic rings. The monoisotopic (exact) mass is 226 g/mol. The van der Waals surface area contributed by atoms with E-state index in [1.165, 1.54) is 0 Å². The third-order valence-electron chi connectivity index (χ3n) is 3.60. The van der Waals surface area contributed by atoms with E-state index in [9.17, 15) is 9.59 Å². The highest BCUT2D eigenvalue weighted by atomic mass is 16.4. The number of carboxylic acid groups (broad SMARTS) is 1. The van der Waals surface area contributed by atoms with Crippen molar-refractivity contribution in [3.63, 3.8) is 0 Å². The van der Waals surface area contributed by atoms with Crippen molar-refractivity contribution in [1.29, 1.82) is 0 Å². The van der Waals surface area contributed by atoms with Gasteiger partial charge < -0.3 is 16.2 Å². The van der Waals surface area contributed by atoms with Crippen molar-refractivity contribution < 1.29 is 14.7 Å². The van der Waals surface area contributed by atoms with Crippen LogP contribution in [0.3, 0.4) is 0 Å². The van der Waals surface area contributed by atoms with E-state index >= 15 is 0 Å². The molecule has 0 aliphatic heterocycles. The molecule has 2 rings (SSSR count). The second kappa shape index (κ2) is 4.05. The maximum atomic E-state index is 11.7. The summed E-state index contributed by atoms with van der Waals surface area (Å²) in [5, 5.41) is 11.8. The SMILES string of the molecule is NC1(C(=O)NC2CCCC(C(=O)O)C2)CC1. The van der Waals surface area contributed by atoms with Crippen LogP contribution in [-0.2, 0) is 9.59 Å². The van der Waals surface area contributed by atoms with Gasteiger partial charge in [0.25, 0.3) is 0 Å². The summed E-state index contributed by atoms with van der Waals surface area (Å²) in [6.07, 6.45) is 4.47. The molecular weight excluding hydrogens is 208 g/mol. The first-order valence-corrected chi connectivity index (χ1v) is 5.84. The fourth-order valence-electron chi connectivity index (χ4n) is 2.24. The molecule has 0 saturated heterocycles. The molecule has 0 aromatic carbocycles. The van der Waals surface area contributed by atoms with Crippen molar-refractivity contribution in [3.8, 4) is 0 Å². The van der Waals surface area contributed by atoms with Crippen LogP contribution in [0.4, 0.5) is 0 Å². The van der Waals surface area contributed by atoms with E-state index in [4.69, 9.17) is 10.8 Å². The predicted molar refractivity (Wildman–Crippen MR) is 57.7 cm³/mol. The molecule has 2 aliphatic carbocycles. The standard InChI is InChI=1S/C11H18N2O3/c12-11(4-5-11)10(16)13-8-3-1-2-7(6-8)9(14)15/h7-8H,1-6,12H2,(H,13,16)(H,14,15). The lowest BCUT2D eigenvalue weighted by atomic mass is 9.85. The Morgan fingerprint density at radius 1 is 1.31 bits per heavy atom. The van der Waals surface area contributed by atoms with Gasteiger partial charge in [-0.15, -0.1) is 0 Å². The second-order valence-electron chi connectivity index (χ2n) is 5.03. The molecule has 16 heavy (non-hydrogen) atoms. The van der Waals surface area contributed by atoms with Crippen LogP contribution in [0, 0.1) is 5.92 Å². The number of amides is 1. The number of carbonyl (C=O) groups is 2. The Morgan fingerprint density at radius 2 is 2.00 bits per heavy atom. The number of aliphatic carboxylic acids is 1. The first kappa shape index (κ1) is 11.4. The Labute approximate surface area is 94.4 Å². The van der Waals surface area contributed by atoms with E-state index < -0.39 is 11.5 Å². The van der Waals surface area contributed by atoms with Gasteiger partial charge in [0, 0.05) is 6.04 Å². The van der Waals surface area contributed by atoms with Crippen molar-refractivity contribution in [2.24, 2.45) is 11.7 Å². The molecule has 0 aromatic heterocycles. The number of hydrogen-bond donors (Lipinski definition) is 3. The fraction of sp³-hybridized carbons (Fsp3) is 0.818. The van der Waals surface area contributed by atoms with Crippen molar-refractivity contribution in [1.82, 2.24) is 5.32 Å². The number of carbonyl (C=O) groups excluding carboxylic acids is 1. The van der Waals surface area contributed by atoms with Crippen LogP contribution in [0.25, 0.3) is 0 Å². The second-order valence-corrected chi connectivity index (χ2v) is 5.03. The summed E-state index contributed by atoms with van der Waals surface area (Å²) in [5.41, 5.74) is 5.12. The van der Waals surface area contributed by atoms with Gasteiger partial charge in [0.2, 0.25) is 5.91 Å². The molecule has 4 N–H and O–H groups in total. The van der Waals surface area contributed by atoms with Gasteiger partial charge in [0.1, 0.15) is 0 Å². The minimum absolute atomic E-state index is 0.0108. The lowest BCUT2D eigenvalue weighted by Gasteiger charge is -2.28. The summed E-state index contributed by atoms with van der Waals surface area (Å²) in [7, 11) is 0. The van der Waals surface area contributed by atoms with Gasteiger partial charge in [-0.25, -0.2) is 0 Å². The Balaban J connectivity index is 1.85. The lowest BCUT2D eigenvalue weighted by Crippen LogP contribution is -2.48. The molecule has 90 valence electrons. The van der Waals surface area contributed by atoms with Gasteiger partial charge in [0.15, 0.2) is 0 Å². The minimum Gasteiger partial charge on any atom is -0.481 e. The van der Waals surface area contributed by atoms with Gasteiger partial charge in [-0.3, -0.25) is 9.59 Å². The van der Waals surface area contributed by atoms with Crippen LogP contribution < -0.4 is 11.1 Å². The van der Waals surface area contributed by atoms with E-state index in [2.05, 4.69) is 5.32 Å². The van der Waals surface area contributed by atoms with Crippen molar-refractivity contribution >= 4 is 11.9 Å². The largest absolute Gasteiger partial charge is 0.481 e. The van der Waals surface area contributed by atoms with Crippen molar-refractivity contribution in [3.05, 3.63) is 0 Å². The average Bonchev–Trinajstić information content (AvgIpc) is 2.98. The minimum atomic E-state index is -0.757.